The van der Waals surface area contributed by atoms with Gasteiger partial charge in [-0.2, -0.15) is 4.80 Å². The average Bonchev–Trinajstić information content (AvgIpc) is 2.86. The smallest absolute Gasteiger partial charge is 0.374 e. The van der Waals surface area contributed by atoms with Gasteiger partial charge in [-0.25, -0.2) is 0 Å². The van der Waals surface area contributed by atoms with Crippen LogP contribution in [0.4, 0.5) is 5.95 Å². The van der Waals surface area contributed by atoms with Crippen molar-refractivity contribution >= 4 is 20.7 Å². The van der Waals surface area contributed by atoms with Crippen molar-refractivity contribution in [2.24, 2.45) is 0 Å². The van der Waals surface area contributed by atoms with E-state index in [4.69, 9.17) is 13.3 Å². The maximum atomic E-state index is 10.9. The zero-order chi connectivity index (χ0) is 16.4. The van der Waals surface area contributed by atoms with Crippen molar-refractivity contribution in [1.82, 2.24) is 20.2 Å². The predicted molar refractivity (Wildman–Crippen MR) is 82.2 cm³/mol. The van der Waals surface area contributed by atoms with Gasteiger partial charge in [0, 0.05) is 32.8 Å². The summed E-state index contributed by atoms with van der Waals surface area (Å²) >= 11 is 0. The molecule has 0 spiro atoms. The van der Waals surface area contributed by atoms with E-state index in [1.165, 1.54) is 11.7 Å². The van der Waals surface area contributed by atoms with Gasteiger partial charge in [0.15, 0.2) is 0 Å². The molecular formula is C12H25N5O4Si. The van der Waals surface area contributed by atoms with Gasteiger partial charge >= 0.3 is 8.80 Å². The zero-order valence-corrected chi connectivity index (χ0v) is 14.7. The molecule has 22 heavy (non-hydrogen) atoms. The molecule has 0 radical (unpaired) electrons. The summed E-state index contributed by atoms with van der Waals surface area (Å²) in [5, 5.41) is 14.2. The second-order valence-electron chi connectivity index (χ2n) is 4.48. The molecule has 0 unspecified atom stereocenters. The van der Waals surface area contributed by atoms with E-state index < -0.39 is 8.80 Å². The Kier molecular flexibility index (Phi) is 8.16. The van der Waals surface area contributed by atoms with Gasteiger partial charge in [0.1, 0.15) is 0 Å². The summed E-state index contributed by atoms with van der Waals surface area (Å²) in [6, 6.07) is 0.680. The molecule has 9 nitrogen and oxygen atoms in total. The van der Waals surface area contributed by atoms with Crippen LogP contribution in [0.25, 0.3) is 0 Å². The Morgan fingerprint density at radius 3 is 2.27 bits per heavy atom. The molecular weight excluding hydrogens is 306 g/mol. The fraction of sp³-hybridized carbons (Fsp3) is 0.833. The van der Waals surface area contributed by atoms with E-state index >= 15 is 0 Å². The lowest BCUT2D eigenvalue weighted by atomic mass is 10.5. The van der Waals surface area contributed by atoms with Crippen LogP contribution >= 0.6 is 0 Å². The molecule has 1 amide bonds. The van der Waals surface area contributed by atoms with Crippen LogP contribution in [-0.2, 0) is 24.6 Å². The Morgan fingerprint density at radius 1 is 1.18 bits per heavy atom. The summed E-state index contributed by atoms with van der Waals surface area (Å²) in [7, 11) is -2.63. The average molecular weight is 331 g/mol. The molecule has 1 aromatic rings. The summed E-state index contributed by atoms with van der Waals surface area (Å²) in [6.45, 7) is 9.40. The van der Waals surface area contributed by atoms with Crippen LogP contribution in [0, 0.1) is 0 Å². The van der Waals surface area contributed by atoms with Crippen LogP contribution in [0.15, 0.2) is 0 Å². The number of anilines is 1. The van der Waals surface area contributed by atoms with E-state index in [9.17, 15) is 4.79 Å². The standard InChI is InChI=1S/C12H25N5O4Si/c1-5-19-22(20-6-2,21-7-3)10-8-9-17-15-12(14-16-17)13-11(4)18/h5-10H2,1-4H3,(H,13,15,18). The number of rotatable bonds is 11. The molecule has 10 heteroatoms. The van der Waals surface area contributed by atoms with E-state index in [0.29, 0.717) is 32.4 Å². The minimum Gasteiger partial charge on any atom is -0.374 e. The van der Waals surface area contributed by atoms with Crippen LogP contribution in [0.1, 0.15) is 34.1 Å². The highest BCUT2D eigenvalue weighted by Crippen LogP contribution is 2.18. The molecule has 0 fully saturated rings. The van der Waals surface area contributed by atoms with Crippen LogP contribution in [0.5, 0.6) is 0 Å². The van der Waals surface area contributed by atoms with E-state index in [-0.39, 0.29) is 11.9 Å². The fourth-order valence-corrected chi connectivity index (χ4v) is 4.58. The van der Waals surface area contributed by atoms with Crippen LogP contribution in [0.3, 0.4) is 0 Å². The Labute approximate surface area is 131 Å². The summed E-state index contributed by atoms with van der Waals surface area (Å²) in [4.78, 5) is 12.4. The van der Waals surface area contributed by atoms with Crippen molar-refractivity contribution in [3.8, 4) is 0 Å². The molecule has 0 atom stereocenters. The Morgan fingerprint density at radius 2 is 1.77 bits per heavy atom. The number of aromatic nitrogens is 4. The summed E-state index contributed by atoms with van der Waals surface area (Å²) in [6.07, 6.45) is 0.738. The van der Waals surface area contributed by atoms with Crippen LogP contribution < -0.4 is 5.32 Å². The summed E-state index contributed by atoms with van der Waals surface area (Å²) in [5.41, 5.74) is 0. The predicted octanol–water partition coefficient (Wildman–Crippen LogP) is 1.07. The number of hydrogen-bond acceptors (Lipinski definition) is 7. The molecule has 1 aromatic heterocycles. The number of nitrogens with zero attached hydrogens (tertiary/aromatic N) is 4. The number of amides is 1. The molecule has 0 aliphatic carbocycles. The van der Waals surface area contributed by atoms with Crippen LogP contribution in [0.2, 0.25) is 6.04 Å². The van der Waals surface area contributed by atoms with Gasteiger partial charge in [0.2, 0.25) is 5.91 Å². The highest BCUT2D eigenvalue weighted by molar-refractivity contribution is 6.60. The lowest BCUT2D eigenvalue weighted by Gasteiger charge is -2.28. The highest BCUT2D eigenvalue weighted by Gasteiger charge is 2.39. The summed E-state index contributed by atoms with van der Waals surface area (Å²) < 4.78 is 17.3. The van der Waals surface area contributed by atoms with Crippen molar-refractivity contribution in [2.75, 3.05) is 25.1 Å². The fourth-order valence-electron chi connectivity index (χ4n) is 1.98. The van der Waals surface area contributed by atoms with E-state index in [0.717, 1.165) is 6.42 Å². The SMILES string of the molecule is CCO[Si](CCCn1nnc(NC(C)=O)n1)(OCC)OCC. The molecule has 0 aromatic carbocycles. The lowest BCUT2D eigenvalue weighted by molar-refractivity contribution is -0.114. The topological polar surface area (TPSA) is 100 Å². The Bertz CT molecular complexity index is 439. The molecule has 0 aliphatic rings. The van der Waals surface area contributed by atoms with Crippen LogP contribution in [-0.4, -0.2) is 54.7 Å². The minimum absolute atomic E-state index is 0.204. The molecule has 0 saturated heterocycles. The number of carbonyl (C=O) groups excluding carboxylic acids is 1. The van der Waals surface area contributed by atoms with Gasteiger partial charge in [-0.15, -0.1) is 5.10 Å². The van der Waals surface area contributed by atoms with Crippen molar-refractivity contribution in [3.05, 3.63) is 0 Å². The molecule has 0 aliphatic heterocycles. The maximum Gasteiger partial charge on any atom is 0.500 e. The highest BCUT2D eigenvalue weighted by atomic mass is 28.4. The van der Waals surface area contributed by atoms with E-state index in [1.807, 2.05) is 20.8 Å². The van der Waals surface area contributed by atoms with Crippen molar-refractivity contribution in [1.29, 1.82) is 0 Å². The molecule has 0 bridgehead atoms. The first-order valence-corrected chi connectivity index (χ1v) is 9.45. The van der Waals surface area contributed by atoms with Crippen molar-refractivity contribution < 1.29 is 18.1 Å². The van der Waals surface area contributed by atoms with E-state index in [1.54, 1.807) is 0 Å². The zero-order valence-electron chi connectivity index (χ0n) is 13.7. The molecule has 1 N–H and O–H groups in total. The van der Waals surface area contributed by atoms with Gasteiger partial charge < -0.3 is 13.3 Å². The van der Waals surface area contributed by atoms with Crippen molar-refractivity contribution in [2.45, 2.75) is 46.7 Å². The third-order valence-electron chi connectivity index (χ3n) is 2.67. The maximum absolute atomic E-state index is 10.9. The van der Waals surface area contributed by atoms with Gasteiger partial charge in [-0.1, -0.05) is 5.10 Å². The quantitative estimate of drug-likeness (QED) is 0.605. The third-order valence-corrected chi connectivity index (χ3v) is 5.83. The van der Waals surface area contributed by atoms with Gasteiger partial charge in [-0.05, 0) is 32.4 Å². The second kappa shape index (κ2) is 9.61. The molecule has 1 heterocycles. The minimum atomic E-state index is -2.63. The number of carbonyl (C=O) groups is 1. The molecule has 0 saturated carbocycles. The number of nitrogens with one attached hydrogen (secondary N) is 1. The number of tetrazole rings is 1. The van der Waals surface area contributed by atoms with Gasteiger partial charge in [0.05, 0.1) is 6.54 Å². The third kappa shape index (κ3) is 6.18. The molecule has 1 rings (SSSR count). The second-order valence-corrected chi connectivity index (χ2v) is 7.21. The van der Waals surface area contributed by atoms with Crippen molar-refractivity contribution in [3.63, 3.8) is 0 Å². The Balaban J connectivity index is 2.53. The van der Waals surface area contributed by atoms with E-state index in [2.05, 4.69) is 20.7 Å². The summed E-state index contributed by atoms with van der Waals surface area (Å²) in [5.74, 6) is -0.0227. The first kappa shape index (κ1) is 18.7. The Hall–Kier alpha value is -1.36. The first-order valence-electron chi connectivity index (χ1n) is 7.52. The normalized spacial score (nSPS) is 11.6. The van der Waals surface area contributed by atoms with Gasteiger partial charge in [-0.3, -0.25) is 10.1 Å². The number of aryl methyl sites for hydroxylation is 1. The lowest BCUT2D eigenvalue weighted by Crippen LogP contribution is -2.46. The largest absolute Gasteiger partial charge is 0.500 e. The first-order chi connectivity index (χ1) is 10.5. The monoisotopic (exact) mass is 331 g/mol. The number of hydrogen-bond donors (Lipinski definition) is 1. The molecule has 126 valence electrons. The van der Waals surface area contributed by atoms with Gasteiger partial charge in [0.25, 0.3) is 5.95 Å².